The lowest BCUT2D eigenvalue weighted by molar-refractivity contribution is -0.130. The fourth-order valence-electron chi connectivity index (χ4n) is 5.07. The van der Waals surface area contributed by atoms with E-state index in [1.807, 2.05) is 90.7 Å². The molecule has 5 rings (SSSR count). The van der Waals surface area contributed by atoms with Gasteiger partial charge in [-0.15, -0.1) is 11.8 Å². The van der Waals surface area contributed by atoms with Crippen LogP contribution in [-0.2, 0) is 17.9 Å². The number of nitrogens with zero attached hydrogens (tertiary/aromatic N) is 1. The van der Waals surface area contributed by atoms with Crippen LogP contribution >= 0.6 is 23.4 Å². The maximum absolute atomic E-state index is 13.6. The zero-order chi connectivity index (χ0) is 25.8. The number of thioether (sulfide) groups is 1. The van der Waals surface area contributed by atoms with Gasteiger partial charge < -0.3 is 10.2 Å². The molecule has 1 saturated heterocycles. The van der Waals surface area contributed by atoms with Crippen LogP contribution in [0.15, 0.2) is 77.7 Å². The molecule has 1 heterocycles. The van der Waals surface area contributed by atoms with Crippen LogP contribution in [-0.4, -0.2) is 28.0 Å². The fourth-order valence-corrected chi connectivity index (χ4v) is 6.75. The van der Waals surface area contributed by atoms with Crippen molar-refractivity contribution in [2.45, 2.75) is 57.0 Å². The number of fused-ring (bicyclic) bond motifs is 1. The van der Waals surface area contributed by atoms with E-state index in [-0.39, 0.29) is 17.9 Å². The molecular weight excluding hydrogens is 500 g/mol. The lowest BCUT2D eigenvalue weighted by Gasteiger charge is -2.44. The lowest BCUT2D eigenvalue weighted by atomic mass is 9.92. The Morgan fingerprint density at radius 2 is 1.78 bits per heavy atom. The van der Waals surface area contributed by atoms with Gasteiger partial charge in [-0.1, -0.05) is 78.5 Å². The summed E-state index contributed by atoms with van der Waals surface area (Å²) in [6.07, 6.45) is 6.49. The second kappa shape index (κ2) is 11.6. The molecule has 4 nitrogen and oxygen atoms in total. The maximum Gasteiger partial charge on any atom is 0.260 e. The average molecular weight is 531 g/mol. The maximum atomic E-state index is 13.6. The molecule has 1 N–H and O–H groups in total. The molecule has 2 unspecified atom stereocenters. The molecule has 2 aliphatic rings. The number of hydrogen-bond donors (Lipinski definition) is 1. The fraction of sp³-hybridized carbons (Fsp3) is 0.290. The first kappa shape index (κ1) is 25.6. The van der Waals surface area contributed by atoms with Crippen LogP contribution in [0.25, 0.3) is 6.08 Å². The molecule has 0 radical (unpaired) electrons. The molecule has 37 heavy (non-hydrogen) atoms. The van der Waals surface area contributed by atoms with Gasteiger partial charge in [0.1, 0.15) is 0 Å². The van der Waals surface area contributed by atoms with E-state index in [2.05, 4.69) is 5.32 Å². The molecule has 3 aromatic carbocycles. The van der Waals surface area contributed by atoms with Crippen molar-refractivity contribution in [1.29, 1.82) is 0 Å². The molecule has 3 aromatic rings. The minimum atomic E-state index is -0.111. The van der Waals surface area contributed by atoms with Crippen LogP contribution in [0.4, 0.5) is 0 Å². The van der Waals surface area contributed by atoms with E-state index in [4.69, 9.17) is 11.6 Å². The number of aryl methyl sites for hydroxylation is 1. The lowest BCUT2D eigenvalue weighted by Crippen LogP contribution is -2.50. The van der Waals surface area contributed by atoms with Gasteiger partial charge in [0, 0.05) is 35.0 Å². The minimum Gasteiger partial charge on any atom is -0.348 e. The predicted molar refractivity (Wildman–Crippen MR) is 152 cm³/mol. The molecule has 2 atom stereocenters. The highest BCUT2D eigenvalue weighted by Crippen LogP contribution is 2.42. The summed E-state index contributed by atoms with van der Waals surface area (Å²) in [7, 11) is 0. The van der Waals surface area contributed by atoms with Crippen LogP contribution in [0.5, 0.6) is 0 Å². The second-order valence-corrected chi connectivity index (χ2v) is 11.6. The summed E-state index contributed by atoms with van der Waals surface area (Å²) < 4.78 is 0. The SMILES string of the molecule is Cc1ccc(CNC(=O)c2ccc(/C=C3/SC4CCCCC4N(Cc4cccc(Cl)c4)C3=O)cc2)cc1. The quantitative estimate of drug-likeness (QED) is 0.349. The number of benzene rings is 3. The van der Waals surface area contributed by atoms with Gasteiger partial charge in [0.05, 0.1) is 4.91 Å². The largest absolute Gasteiger partial charge is 0.348 e. The monoisotopic (exact) mass is 530 g/mol. The zero-order valence-electron chi connectivity index (χ0n) is 21.0. The third-order valence-corrected chi connectivity index (χ3v) is 8.74. The summed E-state index contributed by atoms with van der Waals surface area (Å²) in [6, 6.07) is 23.6. The van der Waals surface area contributed by atoms with Crippen LogP contribution in [0, 0.1) is 6.92 Å². The predicted octanol–water partition coefficient (Wildman–Crippen LogP) is 7.01. The first-order chi connectivity index (χ1) is 18.0. The Labute approximate surface area is 228 Å². The molecular formula is C31H31ClN2O2S. The molecule has 0 bridgehead atoms. The smallest absolute Gasteiger partial charge is 0.260 e. The van der Waals surface area contributed by atoms with Gasteiger partial charge in [-0.05, 0) is 66.8 Å². The van der Waals surface area contributed by atoms with Crippen LogP contribution < -0.4 is 5.32 Å². The summed E-state index contributed by atoms with van der Waals surface area (Å²) in [5, 5.41) is 4.07. The molecule has 1 saturated carbocycles. The van der Waals surface area contributed by atoms with E-state index < -0.39 is 0 Å². The molecule has 2 fully saturated rings. The van der Waals surface area contributed by atoms with Gasteiger partial charge in [-0.2, -0.15) is 0 Å². The number of halogens is 1. The van der Waals surface area contributed by atoms with Crippen LogP contribution in [0.1, 0.15) is 58.3 Å². The average Bonchev–Trinajstić information content (AvgIpc) is 2.91. The highest BCUT2D eigenvalue weighted by atomic mass is 35.5. The number of hydrogen-bond acceptors (Lipinski definition) is 3. The van der Waals surface area contributed by atoms with Crippen LogP contribution in [0.2, 0.25) is 5.02 Å². The van der Waals surface area contributed by atoms with E-state index >= 15 is 0 Å². The van der Waals surface area contributed by atoms with E-state index in [0.717, 1.165) is 40.9 Å². The van der Waals surface area contributed by atoms with Gasteiger partial charge in [0.2, 0.25) is 0 Å². The summed E-state index contributed by atoms with van der Waals surface area (Å²) in [5.74, 6) is -0.0336. The zero-order valence-corrected chi connectivity index (χ0v) is 22.5. The number of amides is 2. The third kappa shape index (κ3) is 6.28. The van der Waals surface area contributed by atoms with E-state index in [1.165, 1.54) is 12.0 Å². The molecule has 2 amide bonds. The Morgan fingerprint density at radius 3 is 2.54 bits per heavy atom. The van der Waals surface area contributed by atoms with Crippen molar-refractivity contribution in [2.24, 2.45) is 0 Å². The number of rotatable bonds is 6. The Kier molecular flexibility index (Phi) is 8.02. The summed E-state index contributed by atoms with van der Waals surface area (Å²) >= 11 is 7.93. The first-order valence-electron chi connectivity index (χ1n) is 12.8. The van der Waals surface area contributed by atoms with E-state index in [9.17, 15) is 9.59 Å². The topological polar surface area (TPSA) is 49.4 Å². The third-order valence-electron chi connectivity index (χ3n) is 7.10. The van der Waals surface area contributed by atoms with Crippen molar-refractivity contribution in [2.75, 3.05) is 0 Å². The van der Waals surface area contributed by atoms with Crippen molar-refractivity contribution >= 4 is 41.3 Å². The van der Waals surface area contributed by atoms with Crippen molar-refractivity contribution in [3.8, 4) is 0 Å². The highest BCUT2D eigenvalue weighted by molar-refractivity contribution is 8.04. The Hall–Kier alpha value is -3.02. The summed E-state index contributed by atoms with van der Waals surface area (Å²) in [6.45, 7) is 3.10. The van der Waals surface area contributed by atoms with Crippen molar-refractivity contribution in [3.05, 3.63) is 111 Å². The van der Waals surface area contributed by atoms with Gasteiger partial charge >= 0.3 is 0 Å². The number of nitrogens with one attached hydrogen (secondary N) is 1. The molecule has 0 aromatic heterocycles. The van der Waals surface area contributed by atoms with Crippen LogP contribution in [0.3, 0.4) is 0 Å². The summed E-state index contributed by atoms with van der Waals surface area (Å²) in [4.78, 5) is 29.1. The molecule has 0 spiro atoms. The normalized spacial score (nSPS) is 20.5. The van der Waals surface area contributed by atoms with Crippen molar-refractivity contribution in [3.63, 3.8) is 0 Å². The van der Waals surface area contributed by atoms with Gasteiger partial charge in [-0.3, -0.25) is 9.59 Å². The summed E-state index contributed by atoms with van der Waals surface area (Å²) in [5.41, 5.74) is 4.84. The Balaban J connectivity index is 1.29. The molecule has 1 aliphatic carbocycles. The van der Waals surface area contributed by atoms with Gasteiger partial charge in [0.15, 0.2) is 0 Å². The second-order valence-electron chi connectivity index (χ2n) is 9.87. The highest BCUT2D eigenvalue weighted by Gasteiger charge is 2.40. The molecule has 1 aliphatic heterocycles. The first-order valence-corrected chi connectivity index (χ1v) is 14.1. The van der Waals surface area contributed by atoms with E-state index in [1.54, 1.807) is 11.8 Å². The Morgan fingerprint density at radius 1 is 1.03 bits per heavy atom. The van der Waals surface area contributed by atoms with Crippen molar-refractivity contribution in [1.82, 2.24) is 10.2 Å². The van der Waals surface area contributed by atoms with E-state index in [0.29, 0.717) is 28.9 Å². The number of carbonyl (C=O) groups excluding carboxylic acids is 2. The minimum absolute atomic E-state index is 0.0769. The van der Waals surface area contributed by atoms with Gasteiger partial charge in [0.25, 0.3) is 11.8 Å². The molecule has 6 heteroatoms. The van der Waals surface area contributed by atoms with Gasteiger partial charge in [-0.25, -0.2) is 0 Å². The van der Waals surface area contributed by atoms with Crippen molar-refractivity contribution < 1.29 is 9.59 Å². The number of carbonyl (C=O) groups is 2. The standard InChI is InChI=1S/C31H31ClN2O2S/c1-21-9-11-23(12-10-21)19-33-30(35)25-15-13-22(14-16-25)18-29-31(36)34(20-24-5-4-6-26(32)17-24)27-7-2-3-8-28(27)37-29/h4-6,9-18,27-28H,2-3,7-8,19-20H2,1H3,(H,33,35)/b29-18+. The Bertz CT molecular complexity index is 1300. The molecule has 190 valence electrons.